The Kier molecular flexibility index (Phi) is 6.02. The Bertz CT molecular complexity index is 589. The summed E-state index contributed by atoms with van der Waals surface area (Å²) in [6.45, 7) is 4.99. The second-order valence-electron chi connectivity index (χ2n) is 4.70. The van der Waals surface area contributed by atoms with Gasteiger partial charge in [0.2, 0.25) is 11.8 Å². The third-order valence-electron chi connectivity index (χ3n) is 3.15. The number of nitrogens with one attached hydrogen (secondary N) is 1. The van der Waals surface area contributed by atoms with Crippen LogP contribution in [0.2, 0.25) is 0 Å². The molecule has 1 aliphatic heterocycles. The minimum absolute atomic E-state index is 0.0515. The lowest BCUT2D eigenvalue weighted by atomic mass is 10.2. The quantitative estimate of drug-likeness (QED) is 0.868. The second-order valence-corrected chi connectivity index (χ2v) is 6.79. The van der Waals surface area contributed by atoms with E-state index in [1.165, 1.54) is 11.8 Å². The first-order chi connectivity index (χ1) is 10.5. The Morgan fingerprint density at radius 1 is 1.41 bits per heavy atom. The Hall–Kier alpha value is -1.34. The van der Waals surface area contributed by atoms with E-state index in [4.69, 9.17) is 0 Å². The molecule has 1 saturated heterocycles. The average Bonchev–Trinajstić information content (AvgIpc) is 2.49. The van der Waals surface area contributed by atoms with Crippen LogP contribution >= 0.6 is 27.7 Å². The zero-order valence-electron chi connectivity index (χ0n) is 12.5. The van der Waals surface area contributed by atoms with Crippen LogP contribution in [0.25, 0.3) is 0 Å². The standard InChI is InChI=1S/C15H18BrN3O2S/c1-3-17-15-19(4-2)13(20)9-12(22-15)14(21)18-11-7-5-10(16)6-8-11/h5-8,12H,3-4,9H2,1-2H3,(H,18,21)/t12-/m0/s1. The molecule has 118 valence electrons. The summed E-state index contributed by atoms with van der Waals surface area (Å²) >= 11 is 4.71. The van der Waals surface area contributed by atoms with Crippen LogP contribution in [0.15, 0.2) is 33.7 Å². The largest absolute Gasteiger partial charge is 0.325 e. The molecule has 2 rings (SSSR count). The van der Waals surface area contributed by atoms with Gasteiger partial charge in [0.25, 0.3) is 0 Å². The van der Waals surface area contributed by atoms with E-state index < -0.39 is 5.25 Å². The number of hydrogen-bond donors (Lipinski definition) is 1. The number of hydrogen-bond acceptors (Lipinski definition) is 4. The fraction of sp³-hybridized carbons (Fsp3) is 0.400. The van der Waals surface area contributed by atoms with Crippen molar-refractivity contribution in [1.82, 2.24) is 4.90 Å². The molecule has 0 saturated carbocycles. The van der Waals surface area contributed by atoms with Crippen molar-refractivity contribution in [1.29, 1.82) is 0 Å². The summed E-state index contributed by atoms with van der Waals surface area (Å²) in [5.74, 6) is -0.218. The highest BCUT2D eigenvalue weighted by Gasteiger charge is 2.34. The highest BCUT2D eigenvalue weighted by molar-refractivity contribution is 9.10. The van der Waals surface area contributed by atoms with Gasteiger partial charge in [0.15, 0.2) is 5.17 Å². The number of anilines is 1. The number of nitrogens with zero attached hydrogens (tertiary/aromatic N) is 2. The molecule has 0 spiro atoms. The van der Waals surface area contributed by atoms with Crippen molar-refractivity contribution >= 4 is 50.4 Å². The summed E-state index contributed by atoms with van der Waals surface area (Å²) in [5, 5.41) is 3.04. The van der Waals surface area contributed by atoms with Gasteiger partial charge in [-0.2, -0.15) is 0 Å². The summed E-state index contributed by atoms with van der Waals surface area (Å²) in [7, 11) is 0. The van der Waals surface area contributed by atoms with Crippen LogP contribution in [-0.4, -0.2) is 40.2 Å². The minimum atomic E-state index is -0.441. The molecule has 2 amide bonds. The SMILES string of the molecule is CCN=C1S[C@H](C(=O)Nc2ccc(Br)cc2)CC(=O)N1CC. The number of amides is 2. The van der Waals surface area contributed by atoms with E-state index in [0.29, 0.717) is 23.9 Å². The summed E-state index contributed by atoms with van der Waals surface area (Å²) < 4.78 is 0.948. The number of carbonyl (C=O) groups is 2. The zero-order chi connectivity index (χ0) is 16.1. The van der Waals surface area contributed by atoms with E-state index in [2.05, 4.69) is 26.2 Å². The highest BCUT2D eigenvalue weighted by Crippen LogP contribution is 2.27. The topological polar surface area (TPSA) is 61.8 Å². The third-order valence-corrected chi connectivity index (χ3v) is 4.91. The monoisotopic (exact) mass is 383 g/mol. The smallest absolute Gasteiger partial charge is 0.238 e. The number of rotatable bonds is 4. The second kappa shape index (κ2) is 7.78. The molecule has 0 aliphatic carbocycles. The van der Waals surface area contributed by atoms with Gasteiger partial charge in [-0.1, -0.05) is 27.7 Å². The van der Waals surface area contributed by atoms with Crippen LogP contribution in [0.5, 0.6) is 0 Å². The number of halogens is 1. The van der Waals surface area contributed by atoms with Crippen molar-refractivity contribution in [2.24, 2.45) is 4.99 Å². The number of aliphatic imine (C=N–C) groups is 1. The van der Waals surface area contributed by atoms with Crippen LogP contribution in [0.1, 0.15) is 20.3 Å². The number of amidine groups is 1. The molecule has 1 heterocycles. The van der Waals surface area contributed by atoms with Gasteiger partial charge >= 0.3 is 0 Å². The van der Waals surface area contributed by atoms with E-state index in [9.17, 15) is 9.59 Å². The van der Waals surface area contributed by atoms with Crippen molar-refractivity contribution in [3.63, 3.8) is 0 Å². The van der Waals surface area contributed by atoms with Gasteiger partial charge in [0.1, 0.15) is 5.25 Å². The first kappa shape index (κ1) is 17.0. The summed E-state index contributed by atoms with van der Waals surface area (Å²) in [6, 6.07) is 7.35. The number of carbonyl (C=O) groups excluding carboxylic acids is 2. The molecule has 1 aromatic carbocycles. The van der Waals surface area contributed by atoms with Gasteiger partial charge in [-0.3, -0.25) is 19.5 Å². The molecule has 1 fully saturated rings. The van der Waals surface area contributed by atoms with Gasteiger partial charge in [-0.05, 0) is 38.1 Å². The normalized spacial score (nSPS) is 20.3. The lowest BCUT2D eigenvalue weighted by Crippen LogP contribution is -2.45. The average molecular weight is 384 g/mol. The van der Waals surface area contributed by atoms with Crippen LogP contribution in [-0.2, 0) is 9.59 Å². The maximum Gasteiger partial charge on any atom is 0.238 e. The molecule has 1 atom stereocenters. The van der Waals surface area contributed by atoms with Gasteiger partial charge < -0.3 is 5.32 Å². The Morgan fingerprint density at radius 2 is 2.09 bits per heavy atom. The van der Waals surface area contributed by atoms with Gasteiger partial charge in [0.05, 0.1) is 0 Å². The van der Waals surface area contributed by atoms with Crippen LogP contribution in [0.3, 0.4) is 0 Å². The lowest BCUT2D eigenvalue weighted by Gasteiger charge is -2.30. The molecule has 0 unspecified atom stereocenters. The zero-order valence-corrected chi connectivity index (χ0v) is 14.9. The lowest BCUT2D eigenvalue weighted by molar-refractivity contribution is -0.129. The fourth-order valence-electron chi connectivity index (χ4n) is 2.08. The molecule has 7 heteroatoms. The Morgan fingerprint density at radius 3 is 2.68 bits per heavy atom. The molecule has 0 aromatic heterocycles. The minimum Gasteiger partial charge on any atom is -0.325 e. The van der Waals surface area contributed by atoms with Crippen molar-refractivity contribution in [3.8, 4) is 0 Å². The van der Waals surface area contributed by atoms with E-state index in [-0.39, 0.29) is 18.2 Å². The predicted octanol–water partition coefficient (Wildman–Crippen LogP) is 3.12. The molecule has 1 aliphatic rings. The molecule has 5 nitrogen and oxygen atoms in total. The molecule has 1 N–H and O–H groups in total. The Labute approximate surface area is 142 Å². The molecule has 0 radical (unpaired) electrons. The Balaban J connectivity index is 2.08. The van der Waals surface area contributed by atoms with Crippen molar-refractivity contribution in [3.05, 3.63) is 28.7 Å². The summed E-state index contributed by atoms with van der Waals surface area (Å²) in [6.07, 6.45) is 0.198. The fourth-order valence-corrected chi connectivity index (χ4v) is 3.55. The van der Waals surface area contributed by atoms with Gasteiger partial charge in [-0.25, -0.2) is 0 Å². The highest BCUT2D eigenvalue weighted by atomic mass is 79.9. The maximum absolute atomic E-state index is 12.4. The van der Waals surface area contributed by atoms with E-state index in [0.717, 1.165) is 4.47 Å². The van der Waals surface area contributed by atoms with E-state index in [1.807, 2.05) is 38.1 Å². The predicted molar refractivity (Wildman–Crippen MR) is 94.1 cm³/mol. The first-order valence-corrected chi connectivity index (χ1v) is 8.80. The van der Waals surface area contributed by atoms with Crippen LogP contribution in [0, 0.1) is 0 Å². The molecule has 0 bridgehead atoms. The first-order valence-electron chi connectivity index (χ1n) is 7.13. The van der Waals surface area contributed by atoms with Crippen LogP contribution in [0.4, 0.5) is 5.69 Å². The maximum atomic E-state index is 12.4. The molecular formula is C15H18BrN3O2S. The third kappa shape index (κ3) is 4.10. The molecular weight excluding hydrogens is 366 g/mol. The number of thioether (sulfide) groups is 1. The summed E-state index contributed by atoms with van der Waals surface area (Å²) in [5.41, 5.74) is 0.716. The van der Waals surface area contributed by atoms with Crippen LogP contribution < -0.4 is 5.32 Å². The number of benzene rings is 1. The molecule has 1 aromatic rings. The van der Waals surface area contributed by atoms with E-state index in [1.54, 1.807) is 4.90 Å². The van der Waals surface area contributed by atoms with Crippen molar-refractivity contribution in [2.75, 3.05) is 18.4 Å². The van der Waals surface area contributed by atoms with Gasteiger partial charge in [-0.15, -0.1) is 0 Å². The van der Waals surface area contributed by atoms with Crippen molar-refractivity contribution in [2.45, 2.75) is 25.5 Å². The van der Waals surface area contributed by atoms with E-state index >= 15 is 0 Å². The summed E-state index contributed by atoms with van der Waals surface area (Å²) in [4.78, 5) is 30.5. The van der Waals surface area contributed by atoms with Gasteiger partial charge in [0, 0.05) is 29.7 Å². The van der Waals surface area contributed by atoms with Crippen molar-refractivity contribution < 1.29 is 9.59 Å². The molecule has 22 heavy (non-hydrogen) atoms.